The van der Waals surface area contributed by atoms with Crippen molar-refractivity contribution < 1.29 is 14.6 Å². The molecule has 1 aromatic carbocycles. The smallest absolute Gasteiger partial charge is 0.227 e. The van der Waals surface area contributed by atoms with Crippen molar-refractivity contribution in [3.8, 4) is 0 Å². The molecule has 0 bridgehead atoms. The van der Waals surface area contributed by atoms with Crippen LogP contribution >= 0.6 is 0 Å². The molecule has 2 rings (SSSR count). The fraction of sp³-hybridized carbons (Fsp3) is 0.533. The molecule has 0 aromatic heterocycles. The summed E-state index contributed by atoms with van der Waals surface area (Å²) in [5.74, 6) is -0.0735. The summed E-state index contributed by atoms with van der Waals surface area (Å²) in [4.78, 5) is 12.2. The molecule has 110 valence electrons. The van der Waals surface area contributed by atoms with E-state index < -0.39 is 6.10 Å². The van der Waals surface area contributed by atoms with Crippen LogP contribution in [0.15, 0.2) is 24.3 Å². The first-order chi connectivity index (χ1) is 9.72. The third-order valence-electron chi connectivity index (χ3n) is 3.54. The highest BCUT2D eigenvalue weighted by atomic mass is 16.5. The molecular formula is C15H22N2O3. The lowest BCUT2D eigenvalue weighted by atomic mass is 9.90. The molecule has 2 atom stereocenters. The van der Waals surface area contributed by atoms with Gasteiger partial charge in [-0.25, -0.2) is 0 Å². The predicted octanol–water partition coefficient (Wildman–Crippen LogP) is 1.10. The molecule has 3 N–H and O–H groups in total. The van der Waals surface area contributed by atoms with Gasteiger partial charge in [-0.2, -0.15) is 0 Å². The number of amides is 1. The van der Waals surface area contributed by atoms with Crippen molar-refractivity contribution in [2.45, 2.75) is 24.9 Å². The number of anilines is 1. The number of ether oxygens (including phenoxy) is 1. The molecule has 20 heavy (non-hydrogen) atoms. The molecule has 1 aromatic rings. The minimum Gasteiger partial charge on any atom is -0.391 e. The zero-order valence-corrected chi connectivity index (χ0v) is 11.8. The van der Waals surface area contributed by atoms with Gasteiger partial charge in [0.1, 0.15) is 0 Å². The van der Waals surface area contributed by atoms with E-state index in [0.717, 1.165) is 24.2 Å². The Hall–Kier alpha value is -1.59. The molecule has 5 nitrogen and oxygen atoms in total. The molecule has 1 aliphatic rings. The predicted molar refractivity (Wildman–Crippen MR) is 77.8 cm³/mol. The summed E-state index contributed by atoms with van der Waals surface area (Å²) < 4.78 is 4.85. The van der Waals surface area contributed by atoms with Gasteiger partial charge in [0.05, 0.1) is 18.6 Å². The van der Waals surface area contributed by atoms with E-state index in [1.807, 2.05) is 24.3 Å². The van der Waals surface area contributed by atoms with Crippen molar-refractivity contribution in [1.82, 2.24) is 5.32 Å². The maximum absolute atomic E-state index is 12.2. The van der Waals surface area contributed by atoms with Crippen LogP contribution in [-0.4, -0.2) is 43.9 Å². The van der Waals surface area contributed by atoms with Crippen LogP contribution in [0, 0.1) is 0 Å². The lowest BCUT2D eigenvalue weighted by Gasteiger charge is -2.26. The summed E-state index contributed by atoms with van der Waals surface area (Å²) in [5.41, 5.74) is 2.09. The largest absolute Gasteiger partial charge is 0.391 e. The van der Waals surface area contributed by atoms with Crippen LogP contribution in [-0.2, 0) is 9.53 Å². The van der Waals surface area contributed by atoms with Gasteiger partial charge < -0.3 is 20.5 Å². The Morgan fingerprint density at radius 3 is 3.15 bits per heavy atom. The second-order valence-corrected chi connectivity index (χ2v) is 5.04. The number of hydrogen-bond acceptors (Lipinski definition) is 4. The average molecular weight is 278 g/mol. The van der Waals surface area contributed by atoms with Crippen LogP contribution in [0.4, 0.5) is 5.69 Å². The van der Waals surface area contributed by atoms with Crippen molar-refractivity contribution in [2.75, 3.05) is 32.1 Å². The number of carbonyl (C=O) groups is 1. The molecule has 0 aliphatic carbocycles. The highest BCUT2D eigenvalue weighted by Gasteiger charge is 2.25. The maximum atomic E-state index is 12.2. The summed E-state index contributed by atoms with van der Waals surface area (Å²) in [7, 11) is 1.55. The Morgan fingerprint density at radius 2 is 2.35 bits per heavy atom. The number of para-hydroxylation sites is 1. The lowest BCUT2D eigenvalue weighted by molar-refractivity contribution is -0.122. The van der Waals surface area contributed by atoms with Gasteiger partial charge in [-0.05, 0) is 24.5 Å². The van der Waals surface area contributed by atoms with E-state index in [1.165, 1.54) is 0 Å². The van der Waals surface area contributed by atoms with Crippen LogP contribution < -0.4 is 10.6 Å². The van der Waals surface area contributed by atoms with E-state index >= 15 is 0 Å². The molecule has 0 fully saturated rings. The molecule has 1 amide bonds. The molecule has 1 heterocycles. The summed E-state index contributed by atoms with van der Waals surface area (Å²) in [6, 6.07) is 7.91. The molecular weight excluding hydrogens is 256 g/mol. The van der Waals surface area contributed by atoms with Gasteiger partial charge in [0.25, 0.3) is 0 Å². The number of carbonyl (C=O) groups excluding carboxylic acids is 1. The van der Waals surface area contributed by atoms with Crippen molar-refractivity contribution in [1.29, 1.82) is 0 Å². The van der Waals surface area contributed by atoms with Gasteiger partial charge in [-0.1, -0.05) is 18.2 Å². The minimum absolute atomic E-state index is 0.0311. The third kappa shape index (κ3) is 3.71. The number of hydrogen-bond donors (Lipinski definition) is 3. The standard InChI is InChI=1S/C15H22N2O3/c1-20-10-11(18)6-8-17-15(19)13-7-9-16-14-5-3-2-4-12(13)14/h2-5,11,13,16,18H,6-10H2,1H3,(H,17,19). The van der Waals surface area contributed by atoms with Gasteiger partial charge in [0, 0.05) is 25.9 Å². The Morgan fingerprint density at radius 1 is 1.55 bits per heavy atom. The van der Waals surface area contributed by atoms with E-state index in [2.05, 4.69) is 10.6 Å². The van der Waals surface area contributed by atoms with E-state index in [-0.39, 0.29) is 11.8 Å². The zero-order chi connectivity index (χ0) is 14.4. The summed E-state index contributed by atoms with van der Waals surface area (Å²) >= 11 is 0. The second-order valence-electron chi connectivity index (χ2n) is 5.04. The van der Waals surface area contributed by atoms with E-state index in [0.29, 0.717) is 19.6 Å². The van der Waals surface area contributed by atoms with E-state index in [4.69, 9.17) is 4.74 Å². The van der Waals surface area contributed by atoms with Gasteiger partial charge in [-0.15, -0.1) is 0 Å². The van der Waals surface area contributed by atoms with Gasteiger partial charge in [0.15, 0.2) is 0 Å². The number of benzene rings is 1. The molecule has 0 radical (unpaired) electrons. The normalized spacial score (nSPS) is 18.8. The molecule has 0 saturated heterocycles. The van der Waals surface area contributed by atoms with E-state index in [1.54, 1.807) is 7.11 Å². The second kappa shape index (κ2) is 7.26. The lowest BCUT2D eigenvalue weighted by Crippen LogP contribution is -2.35. The van der Waals surface area contributed by atoms with Crippen LogP contribution in [0.5, 0.6) is 0 Å². The summed E-state index contributed by atoms with van der Waals surface area (Å²) in [5, 5.41) is 15.7. The topological polar surface area (TPSA) is 70.6 Å². The van der Waals surface area contributed by atoms with Crippen molar-refractivity contribution in [3.63, 3.8) is 0 Å². The van der Waals surface area contributed by atoms with Gasteiger partial charge in [-0.3, -0.25) is 4.79 Å². The zero-order valence-electron chi connectivity index (χ0n) is 11.8. The maximum Gasteiger partial charge on any atom is 0.227 e. The van der Waals surface area contributed by atoms with Crippen LogP contribution in [0.2, 0.25) is 0 Å². The number of methoxy groups -OCH3 is 1. The Kier molecular flexibility index (Phi) is 5.38. The fourth-order valence-electron chi connectivity index (χ4n) is 2.50. The quantitative estimate of drug-likeness (QED) is 0.729. The van der Waals surface area contributed by atoms with Crippen LogP contribution in [0.3, 0.4) is 0 Å². The van der Waals surface area contributed by atoms with Crippen LogP contribution in [0.1, 0.15) is 24.3 Å². The first-order valence-corrected chi connectivity index (χ1v) is 7.00. The number of rotatable bonds is 6. The van der Waals surface area contributed by atoms with Gasteiger partial charge in [0.2, 0.25) is 5.91 Å². The van der Waals surface area contributed by atoms with Crippen LogP contribution in [0.25, 0.3) is 0 Å². The highest BCUT2D eigenvalue weighted by molar-refractivity contribution is 5.86. The van der Waals surface area contributed by atoms with Crippen molar-refractivity contribution >= 4 is 11.6 Å². The van der Waals surface area contributed by atoms with Gasteiger partial charge >= 0.3 is 0 Å². The number of aliphatic hydroxyl groups excluding tert-OH is 1. The highest BCUT2D eigenvalue weighted by Crippen LogP contribution is 2.31. The SMILES string of the molecule is COCC(O)CCNC(=O)C1CCNc2ccccc21. The molecule has 1 aliphatic heterocycles. The van der Waals surface area contributed by atoms with E-state index in [9.17, 15) is 9.90 Å². The monoisotopic (exact) mass is 278 g/mol. The number of fused-ring (bicyclic) bond motifs is 1. The summed E-state index contributed by atoms with van der Waals surface area (Å²) in [6.07, 6.45) is 0.774. The number of aliphatic hydroxyl groups is 1. The first kappa shape index (κ1) is 14.8. The molecule has 0 spiro atoms. The Labute approximate surface area is 119 Å². The van der Waals surface area contributed by atoms with Crippen molar-refractivity contribution in [3.05, 3.63) is 29.8 Å². The average Bonchev–Trinajstić information content (AvgIpc) is 2.47. The summed E-state index contributed by atoms with van der Waals surface area (Å²) in [6.45, 7) is 1.57. The number of nitrogens with one attached hydrogen (secondary N) is 2. The molecule has 5 heteroatoms. The fourth-order valence-corrected chi connectivity index (χ4v) is 2.50. The third-order valence-corrected chi connectivity index (χ3v) is 3.54. The molecule has 2 unspecified atom stereocenters. The Balaban J connectivity index is 1.87. The Bertz CT molecular complexity index is 450. The molecule has 0 saturated carbocycles. The minimum atomic E-state index is -0.527. The van der Waals surface area contributed by atoms with Crippen molar-refractivity contribution in [2.24, 2.45) is 0 Å². The first-order valence-electron chi connectivity index (χ1n) is 7.00.